The van der Waals surface area contributed by atoms with Gasteiger partial charge in [0.05, 0.1) is 11.3 Å². The molecule has 1 unspecified atom stereocenters. The summed E-state index contributed by atoms with van der Waals surface area (Å²) in [5.74, 6) is 4.75. The number of nitrogens with zero attached hydrogens (tertiary/aromatic N) is 1. The zero-order valence-corrected chi connectivity index (χ0v) is 10.6. The lowest BCUT2D eigenvalue weighted by Crippen LogP contribution is -2.45. The number of rotatable bonds is 5. The maximum absolute atomic E-state index is 12.0. The summed E-state index contributed by atoms with van der Waals surface area (Å²) in [5.41, 5.74) is 3.18. The number of nitrogens with one attached hydrogen (secondary N) is 3. The highest BCUT2D eigenvalue weighted by molar-refractivity contribution is 6.01. The van der Waals surface area contributed by atoms with Gasteiger partial charge in [0.2, 0.25) is 5.91 Å². The molecule has 1 aliphatic rings. The minimum absolute atomic E-state index is 0.179. The topological polar surface area (TPSA) is 109 Å². The van der Waals surface area contributed by atoms with Gasteiger partial charge < -0.3 is 16.1 Å². The Morgan fingerprint density at radius 1 is 1.47 bits per heavy atom. The van der Waals surface area contributed by atoms with Gasteiger partial charge in [-0.1, -0.05) is 0 Å². The van der Waals surface area contributed by atoms with Gasteiger partial charge in [-0.15, -0.1) is 0 Å². The molecule has 1 aromatic rings. The van der Waals surface area contributed by atoms with Gasteiger partial charge in [0, 0.05) is 18.4 Å². The number of pyridine rings is 1. The van der Waals surface area contributed by atoms with Crippen molar-refractivity contribution in [3.63, 3.8) is 0 Å². The Balaban J connectivity index is 1.97. The van der Waals surface area contributed by atoms with E-state index in [-0.39, 0.29) is 17.9 Å². The van der Waals surface area contributed by atoms with Crippen LogP contribution in [0.15, 0.2) is 18.5 Å². The third-order valence-corrected chi connectivity index (χ3v) is 2.89. The highest BCUT2D eigenvalue weighted by Crippen LogP contribution is 2.18. The first-order chi connectivity index (χ1) is 9.11. The lowest BCUT2D eigenvalue weighted by molar-refractivity contribution is -0.122. The first-order valence-corrected chi connectivity index (χ1v) is 6.13. The molecule has 102 valence electrons. The van der Waals surface area contributed by atoms with Crippen LogP contribution in [0.5, 0.6) is 0 Å². The molecule has 7 heteroatoms. The molecule has 1 aromatic heterocycles. The molecule has 5 N–H and O–H groups in total. The van der Waals surface area contributed by atoms with Crippen molar-refractivity contribution < 1.29 is 9.59 Å². The molecular formula is C12H17N5O2. The van der Waals surface area contributed by atoms with Crippen molar-refractivity contribution in [2.24, 2.45) is 5.84 Å². The Labute approximate surface area is 110 Å². The molecule has 2 amide bonds. The van der Waals surface area contributed by atoms with E-state index in [9.17, 15) is 9.59 Å². The van der Waals surface area contributed by atoms with E-state index in [1.165, 1.54) is 12.4 Å². The molecule has 1 saturated carbocycles. The number of hydrogen-bond donors (Lipinski definition) is 4. The quantitative estimate of drug-likeness (QED) is 0.433. The highest BCUT2D eigenvalue weighted by atomic mass is 16.2. The van der Waals surface area contributed by atoms with Crippen LogP contribution in [-0.4, -0.2) is 28.9 Å². The minimum Gasteiger partial charge on any atom is -0.352 e. The largest absolute Gasteiger partial charge is 0.352 e. The Hall–Kier alpha value is -2.15. The van der Waals surface area contributed by atoms with Crippen LogP contribution >= 0.6 is 0 Å². The van der Waals surface area contributed by atoms with E-state index in [1.54, 1.807) is 13.0 Å². The number of anilines is 1. The molecule has 1 aliphatic carbocycles. The Morgan fingerprint density at radius 2 is 2.21 bits per heavy atom. The van der Waals surface area contributed by atoms with Gasteiger partial charge in [0.25, 0.3) is 5.91 Å². The van der Waals surface area contributed by atoms with Gasteiger partial charge >= 0.3 is 0 Å². The smallest absolute Gasteiger partial charge is 0.255 e. The van der Waals surface area contributed by atoms with Crippen LogP contribution in [-0.2, 0) is 4.79 Å². The molecule has 0 aromatic carbocycles. The summed E-state index contributed by atoms with van der Waals surface area (Å²) < 4.78 is 0. The van der Waals surface area contributed by atoms with E-state index in [2.05, 4.69) is 21.0 Å². The van der Waals surface area contributed by atoms with Crippen molar-refractivity contribution >= 4 is 17.5 Å². The zero-order chi connectivity index (χ0) is 13.8. The van der Waals surface area contributed by atoms with Crippen LogP contribution in [0.4, 0.5) is 5.69 Å². The fourth-order valence-electron chi connectivity index (χ4n) is 1.60. The molecule has 0 aliphatic heterocycles. The normalized spacial score (nSPS) is 15.5. The Morgan fingerprint density at radius 3 is 2.84 bits per heavy atom. The average molecular weight is 263 g/mol. The summed E-state index contributed by atoms with van der Waals surface area (Å²) in [7, 11) is 0. The second-order valence-electron chi connectivity index (χ2n) is 4.54. The summed E-state index contributed by atoms with van der Waals surface area (Å²) in [6.07, 6.45) is 4.94. The van der Waals surface area contributed by atoms with Crippen LogP contribution in [0.25, 0.3) is 0 Å². The molecule has 0 saturated heterocycles. The number of nitrogen functional groups attached to an aromatic ring is 1. The molecule has 2 rings (SSSR count). The predicted octanol–water partition coefficient (Wildman–Crippen LogP) is -0.236. The third kappa shape index (κ3) is 3.41. The molecule has 7 nitrogen and oxygen atoms in total. The summed E-state index contributed by atoms with van der Waals surface area (Å²) in [6.45, 7) is 1.64. The number of carbonyl (C=O) groups excluding carboxylic acids is 2. The van der Waals surface area contributed by atoms with Gasteiger partial charge in [-0.3, -0.25) is 20.4 Å². The lowest BCUT2D eigenvalue weighted by atomic mass is 10.2. The number of amides is 2. The van der Waals surface area contributed by atoms with Crippen molar-refractivity contribution in [2.75, 3.05) is 5.43 Å². The first kappa shape index (κ1) is 13.3. The van der Waals surface area contributed by atoms with Crippen molar-refractivity contribution in [1.29, 1.82) is 0 Å². The van der Waals surface area contributed by atoms with Crippen molar-refractivity contribution in [3.05, 3.63) is 24.0 Å². The number of aromatic nitrogens is 1. The number of hydrazine groups is 1. The monoisotopic (exact) mass is 263 g/mol. The van der Waals surface area contributed by atoms with Crippen LogP contribution in [0.1, 0.15) is 30.1 Å². The van der Waals surface area contributed by atoms with Crippen molar-refractivity contribution in [3.8, 4) is 0 Å². The van der Waals surface area contributed by atoms with Crippen LogP contribution in [0.2, 0.25) is 0 Å². The van der Waals surface area contributed by atoms with Gasteiger partial charge in [-0.25, -0.2) is 0 Å². The second kappa shape index (κ2) is 5.66. The van der Waals surface area contributed by atoms with Crippen molar-refractivity contribution in [1.82, 2.24) is 15.6 Å². The predicted molar refractivity (Wildman–Crippen MR) is 70.1 cm³/mol. The van der Waals surface area contributed by atoms with Gasteiger partial charge in [0.1, 0.15) is 6.04 Å². The van der Waals surface area contributed by atoms with E-state index in [1.807, 2.05) is 0 Å². The summed E-state index contributed by atoms with van der Waals surface area (Å²) >= 11 is 0. The van der Waals surface area contributed by atoms with Crippen LogP contribution in [0.3, 0.4) is 0 Å². The molecule has 1 heterocycles. The van der Waals surface area contributed by atoms with E-state index in [0.29, 0.717) is 11.3 Å². The SMILES string of the molecule is CC(NC(=O)c1cnccc1NN)C(=O)NC1CC1. The highest BCUT2D eigenvalue weighted by Gasteiger charge is 2.26. The molecule has 1 atom stereocenters. The van der Waals surface area contributed by atoms with Gasteiger partial charge in [0.15, 0.2) is 0 Å². The molecule has 0 bridgehead atoms. The number of carbonyl (C=O) groups is 2. The second-order valence-corrected chi connectivity index (χ2v) is 4.54. The average Bonchev–Trinajstić information content (AvgIpc) is 3.22. The number of nitrogens with two attached hydrogens (primary N) is 1. The van der Waals surface area contributed by atoms with E-state index >= 15 is 0 Å². The van der Waals surface area contributed by atoms with E-state index < -0.39 is 6.04 Å². The van der Waals surface area contributed by atoms with Crippen LogP contribution in [0, 0.1) is 0 Å². The fraction of sp³-hybridized carbons (Fsp3) is 0.417. The summed E-state index contributed by atoms with van der Waals surface area (Å²) in [4.78, 5) is 27.6. The molecule has 1 fully saturated rings. The minimum atomic E-state index is -0.598. The van der Waals surface area contributed by atoms with Gasteiger partial charge in [-0.2, -0.15) is 0 Å². The Kier molecular flexibility index (Phi) is 3.96. The standard InChI is InChI=1S/C12H17N5O2/c1-7(11(18)16-8-2-3-8)15-12(19)9-6-14-5-4-10(9)17-13/h4-8H,2-3,13H2,1H3,(H,14,17)(H,15,19)(H,16,18). The summed E-state index contributed by atoms with van der Waals surface area (Å²) in [6, 6.07) is 1.26. The maximum Gasteiger partial charge on any atom is 0.255 e. The van der Waals surface area contributed by atoms with Gasteiger partial charge in [-0.05, 0) is 25.8 Å². The third-order valence-electron chi connectivity index (χ3n) is 2.89. The molecule has 0 spiro atoms. The van der Waals surface area contributed by atoms with Crippen molar-refractivity contribution in [2.45, 2.75) is 31.8 Å². The zero-order valence-electron chi connectivity index (χ0n) is 10.6. The fourth-order valence-corrected chi connectivity index (χ4v) is 1.60. The van der Waals surface area contributed by atoms with E-state index in [4.69, 9.17) is 5.84 Å². The first-order valence-electron chi connectivity index (χ1n) is 6.13. The molecule has 0 radical (unpaired) electrons. The number of hydrogen-bond acceptors (Lipinski definition) is 5. The van der Waals surface area contributed by atoms with E-state index in [0.717, 1.165) is 12.8 Å². The lowest BCUT2D eigenvalue weighted by Gasteiger charge is -2.15. The molecule has 19 heavy (non-hydrogen) atoms. The Bertz CT molecular complexity index is 487. The van der Waals surface area contributed by atoms with Crippen LogP contribution < -0.4 is 21.9 Å². The molecular weight excluding hydrogens is 246 g/mol. The maximum atomic E-state index is 12.0. The summed E-state index contributed by atoms with van der Waals surface area (Å²) in [5, 5.41) is 5.45.